The van der Waals surface area contributed by atoms with Crippen molar-refractivity contribution in [2.45, 2.75) is 13.8 Å². The van der Waals surface area contributed by atoms with Gasteiger partial charge in [-0.2, -0.15) is 10.5 Å². The van der Waals surface area contributed by atoms with Crippen molar-refractivity contribution in [3.8, 4) is 12.1 Å². The van der Waals surface area contributed by atoms with E-state index < -0.39 is 0 Å². The van der Waals surface area contributed by atoms with Crippen LogP contribution in [0.5, 0.6) is 0 Å². The van der Waals surface area contributed by atoms with Gasteiger partial charge in [-0.1, -0.05) is 0 Å². The summed E-state index contributed by atoms with van der Waals surface area (Å²) in [7, 11) is 0. The summed E-state index contributed by atoms with van der Waals surface area (Å²) in [6, 6.07) is 4.21. The number of aromatic nitrogens is 2. The molecule has 2 aromatic heterocycles. The number of imidazole rings is 1. The normalized spacial score (nSPS) is 9.87. The number of nitrogens with zero attached hydrogens (tertiary/aromatic N) is 4. The molecule has 0 aliphatic rings. The fraction of sp³-hybridized carbons (Fsp3) is 0.182. The predicted octanol–water partition coefficient (Wildman–Crippen LogP) is 1.69. The van der Waals surface area contributed by atoms with E-state index in [1.54, 1.807) is 23.7 Å². The average molecular weight is 196 g/mol. The molecule has 0 saturated heterocycles. The van der Waals surface area contributed by atoms with E-state index in [2.05, 4.69) is 17.1 Å². The molecule has 0 unspecified atom stereocenters. The highest BCUT2D eigenvalue weighted by atomic mass is 15.0. The summed E-state index contributed by atoms with van der Waals surface area (Å²) < 4.78 is 1.71. The van der Waals surface area contributed by atoms with E-state index in [-0.39, 0.29) is 0 Å². The first kappa shape index (κ1) is 9.23. The van der Waals surface area contributed by atoms with Crippen LogP contribution in [0.3, 0.4) is 0 Å². The molecule has 0 radical (unpaired) electrons. The first-order valence-corrected chi connectivity index (χ1v) is 4.47. The molecule has 72 valence electrons. The van der Waals surface area contributed by atoms with Crippen LogP contribution in [0.15, 0.2) is 12.4 Å². The molecule has 0 aliphatic heterocycles. The fourth-order valence-corrected chi connectivity index (χ4v) is 1.76. The van der Waals surface area contributed by atoms with E-state index in [0.29, 0.717) is 22.5 Å². The third-order valence-corrected chi connectivity index (χ3v) is 2.54. The van der Waals surface area contributed by atoms with Crippen molar-refractivity contribution in [2.75, 3.05) is 0 Å². The largest absolute Gasteiger partial charge is 0.290 e. The Kier molecular flexibility index (Phi) is 1.91. The molecular formula is C11H8N4. The summed E-state index contributed by atoms with van der Waals surface area (Å²) in [6.45, 7) is 3.62. The Hall–Kier alpha value is -2.33. The molecule has 0 aliphatic carbocycles. The molecular weight excluding hydrogens is 188 g/mol. The minimum atomic E-state index is 0.477. The van der Waals surface area contributed by atoms with E-state index in [9.17, 15) is 0 Å². The second-order valence-electron chi connectivity index (χ2n) is 3.32. The van der Waals surface area contributed by atoms with Crippen LogP contribution >= 0.6 is 0 Å². The van der Waals surface area contributed by atoms with Crippen LogP contribution in [0.2, 0.25) is 0 Å². The smallest absolute Gasteiger partial charge is 0.141 e. The number of hydrogen-bond acceptors (Lipinski definition) is 3. The second-order valence-corrected chi connectivity index (χ2v) is 3.32. The molecule has 2 aromatic rings. The number of rotatable bonds is 0. The molecule has 0 spiro atoms. The zero-order valence-electron chi connectivity index (χ0n) is 8.44. The fourth-order valence-electron chi connectivity index (χ4n) is 1.76. The summed E-state index contributed by atoms with van der Waals surface area (Å²) in [5.41, 5.74) is 3.23. The topological polar surface area (TPSA) is 64.9 Å². The average Bonchev–Trinajstić information content (AvgIpc) is 2.68. The van der Waals surface area contributed by atoms with Gasteiger partial charge in [0, 0.05) is 23.5 Å². The highest BCUT2D eigenvalue weighted by Gasteiger charge is 2.14. The third-order valence-electron chi connectivity index (χ3n) is 2.54. The van der Waals surface area contributed by atoms with Gasteiger partial charge in [-0.25, -0.2) is 4.98 Å². The molecule has 15 heavy (non-hydrogen) atoms. The Morgan fingerprint density at radius 3 is 2.53 bits per heavy atom. The van der Waals surface area contributed by atoms with Gasteiger partial charge in [-0.3, -0.25) is 4.40 Å². The number of pyridine rings is 1. The predicted molar refractivity (Wildman–Crippen MR) is 54.1 cm³/mol. The molecule has 2 heterocycles. The van der Waals surface area contributed by atoms with E-state index in [1.807, 2.05) is 6.92 Å². The number of aryl methyl sites for hydroxylation is 1. The van der Waals surface area contributed by atoms with Crippen LogP contribution in [0.25, 0.3) is 5.65 Å². The second kappa shape index (κ2) is 3.11. The molecule has 0 aromatic carbocycles. The van der Waals surface area contributed by atoms with Gasteiger partial charge in [-0.05, 0) is 13.8 Å². The zero-order valence-corrected chi connectivity index (χ0v) is 8.44. The van der Waals surface area contributed by atoms with E-state index in [4.69, 9.17) is 10.5 Å². The van der Waals surface area contributed by atoms with Gasteiger partial charge in [0.15, 0.2) is 0 Å². The molecule has 0 N–H and O–H groups in total. The lowest BCUT2D eigenvalue weighted by atomic mass is 10.0. The van der Waals surface area contributed by atoms with Crippen molar-refractivity contribution in [3.05, 3.63) is 34.8 Å². The van der Waals surface area contributed by atoms with E-state index >= 15 is 0 Å². The van der Waals surface area contributed by atoms with Crippen molar-refractivity contribution in [1.29, 1.82) is 10.5 Å². The first-order chi connectivity index (χ1) is 7.20. The summed E-state index contributed by atoms with van der Waals surface area (Å²) in [4.78, 5) is 4.14. The molecule has 2 rings (SSSR count). The van der Waals surface area contributed by atoms with Gasteiger partial charge in [-0.15, -0.1) is 0 Å². The minimum absolute atomic E-state index is 0.477. The van der Waals surface area contributed by atoms with Gasteiger partial charge in [0.1, 0.15) is 17.4 Å². The number of fused-ring (bicyclic) bond motifs is 1. The van der Waals surface area contributed by atoms with Crippen molar-refractivity contribution in [3.63, 3.8) is 0 Å². The summed E-state index contributed by atoms with van der Waals surface area (Å²) >= 11 is 0. The van der Waals surface area contributed by atoms with Crippen LogP contribution in [0.1, 0.15) is 22.4 Å². The molecule has 0 atom stereocenters. The minimum Gasteiger partial charge on any atom is -0.290 e. The monoisotopic (exact) mass is 196 g/mol. The Morgan fingerprint density at radius 1 is 1.20 bits per heavy atom. The molecule has 4 nitrogen and oxygen atoms in total. The van der Waals surface area contributed by atoms with Crippen LogP contribution in [-0.2, 0) is 0 Å². The van der Waals surface area contributed by atoms with Crippen LogP contribution < -0.4 is 0 Å². The Balaban J connectivity index is 3.07. The SMILES string of the molecule is Cc1c(C#N)c(C)c2nccn2c1C#N. The summed E-state index contributed by atoms with van der Waals surface area (Å²) in [5.74, 6) is 0. The maximum Gasteiger partial charge on any atom is 0.141 e. The van der Waals surface area contributed by atoms with Crippen LogP contribution in [0.4, 0.5) is 0 Å². The van der Waals surface area contributed by atoms with Gasteiger partial charge >= 0.3 is 0 Å². The highest BCUT2D eigenvalue weighted by Crippen LogP contribution is 2.20. The number of nitriles is 2. The van der Waals surface area contributed by atoms with Gasteiger partial charge in [0.2, 0.25) is 0 Å². The lowest BCUT2D eigenvalue weighted by Gasteiger charge is -2.07. The molecule has 0 fully saturated rings. The molecule has 4 heteroatoms. The van der Waals surface area contributed by atoms with E-state index in [0.717, 1.165) is 5.56 Å². The highest BCUT2D eigenvalue weighted by molar-refractivity contribution is 5.62. The molecule has 0 amide bonds. The first-order valence-electron chi connectivity index (χ1n) is 4.47. The zero-order chi connectivity index (χ0) is 11.0. The Bertz CT molecular complexity index is 623. The van der Waals surface area contributed by atoms with Crippen molar-refractivity contribution < 1.29 is 0 Å². The standard InChI is InChI=1S/C11H8N4/c1-7-9(5-12)8(2)11-14-3-4-15(11)10(7)6-13/h3-4H,1-2H3. The maximum absolute atomic E-state index is 9.04. The van der Waals surface area contributed by atoms with Gasteiger partial charge in [0.25, 0.3) is 0 Å². The molecule has 0 saturated carbocycles. The Labute approximate surface area is 87.0 Å². The maximum atomic E-state index is 9.04. The van der Waals surface area contributed by atoms with Gasteiger partial charge < -0.3 is 0 Å². The van der Waals surface area contributed by atoms with Crippen molar-refractivity contribution in [2.24, 2.45) is 0 Å². The van der Waals surface area contributed by atoms with Gasteiger partial charge in [0.05, 0.1) is 11.6 Å². The van der Waals surface area contributed by atoms with Crippen LogP contribution in [-0.4, -0.2) is 9.38 Å². The number of hydrogen-bond donors (Lipinski definition) is 0. The van der Waals surface area contributed by atoms with Crippen molar-refractivity contribution in [1.82, 2.24) is 9.38 Å². The van der Waals surface area contributed by atoms with Crippen molar-refractivity contribution >= 4 is 5.65 Å². The van der Waals surface area contributed by atoms with E-state index in [1.165, 1.54) is 0 Å². The Morgan fingerprint density at radius 2 is 1.93 bits per heavy atom. The quantitative estimate of drug-likeness (QED) is 0.644. The summed E-state index contributed by atoms with van der Waals surface area (Å²) in [6.07, 6.45) is 3.36. The third kappa shape index (κ3) is 1.09. The summed E-state index contributed by atoms with van der Waals surface area (Å²) in [5, 5.41) is 18.1. The lowest BCUT2D eigenvalue weighted by Crippen LogP contribution is -2.01. The lowest BCUT2D eigenvalue weighted by molar-refractivity contribution is 1.08. The van der Waals surface area contributed by atoms with Crippen LogP contribution in [0, 0.1) is 36.5 Å². The molecule has 0 bridgehead atoms.